The van der Waals surface area contributed by atoms with Crippen LogP contribution in [0.1, 0.15) is 31.4 Å². The maximum absolute atomic E-state index is 11.4. The molecule has 1 heterocycles. The Morgan fingerprint density at radius 1 is 1.40 bits per heavy atom. The van der Waals surface area contributed by atoms with Crippen LogP contribution in [0.15, 0.2) is 24.3 Å². The number of nitrogens with one attached hydrogen (secondary N) is 2. The predicted molar refractivity (Wildman–Crippen MR) is 71.6 cm³/mol. The SMILES string of the molecule is CC(=O)Nc1ccc([C@H]2NC(=O)CC[C@@H]2[N+](=O)[O-])cc1. The highest BCUT2D eigenvalue weighted by atomic mass is 16.6. The van der Waals surface area contributed by atoms with Crippen LogP contribution in [0.25, 0.3) is 0 Å². The lowest BCUT2D eigenvalue weighted by molar-refractivity contribution is -0.529. The van der Waals surface area contributed by atoms with Crippen molar-refractivity contribution < 1.29 is 14.5 Å². The number of hydrogen-bond donors (Lipinski definition) is 2. The van der Waals surface area contributed by atoms with Crippen molar-refractivity contribution in [3.05, 3.63) is 39.9 Å². The molecule has 0 aliphatic carbocycles. The van der Waals surface area contributed by atoms with Crippen LogP contribution in [0.2, 0.25) is 0 Å². The molecule has 0 radical (unpaired) electrons. The molecule has 106 valence electrons. The zero-order valence-corrected chi connectivity index (χ0v) is 11.0. The Bertz CT molecular complexity index is 541. The molecule has 1 aromatic rings. The second-order valence-corrected chi connectivity index (χ2v) is 4.74. The van der Waals surface area contributed by atoms with Gasteiger partial charge < -0.3 is 10.6 Å². The third kappa shape index (κ3) is 3.11. The van der Waals surface area contributed by atoms with Crippen LogP contribution in [-0.2, 0) is 9.59 Å². The van der Waals surface area contributed by atoms with Crippen molar-refractivity contribution in [2.45, 2.75) is 31.8 Å². The summed E-state index contributed by atoms with van der Waals surface area (Å²) < 4.78 is 0. The molecule has 2 amide bonds. The summed E-state index contributed by atoms with van der Waals surface area (Å²) in [6.45, 7) is 1.40. The lowest BCUT2D eigenvalue weighted by Crippen LogP contribution is -2.45. The predicted octanol–water partition coefficient (Wildman–Crippen LogP) is 1.24. The maximum atomic E-state index is 11.4. The molecule has 0 aromatic heterocycles. The number of piperidine rings is 1. The minimum absolute atomic E-state index is 0.173. The van der Waals surface area contributed by atoms with Crippen LogP contribution < -0.4 is 10.6 Å². The number of carbonyl (C=O) groups is 2. The monoisotopic (exact) mass is 277 g/mol. The van der Waals surface area contributed by atoms with Crippen molar-refractivity contribution in [3.63, 3.8) is 0 Å². The summed E-state index contributed by atoms with van der Waals surface area (Å²) in [6, 6.07) is 5.23. The molecule has 1 aromatic carbocycles. The molecule has 7 nitrogen and oxygen atoms in total. The van der Waals surface area contributed by atoms with Crippen LogP contribution in [0, 0.1) is 10.1 Å². The van der Waals surface area contributed by atoms with Crippen LogP contribution in [0.3, 0.4) is 0 Å². The molecule has 1 fully saturated rings. The van der Waals surface area contributed by atoms with Crippen LogP contribution >= 0.6 is 0 Å². The van der Waals surface area contributed by atoms with Gasteiger partial charge in [0.25, 0.3) is 0 Å². The van der Waals surface area contributed by atoms with E-state index in [0.29, 0.717) is 11.3 Å². The summed E-state index contributed by atoms with van der Waals surface area (Å²) in [7, 11) is 0. The fourth-order valence-corrected chi connectivity index (χ4v) is 2.30. The van der Waals surface area contributed by atoms with Gasteiger partial charge in [-0.05, 0) is 17.7 Å². The number of hydrogen-bond acceptors (Lipinski definition) is 4. The molecule has 2 N–H and O–H groups in total. The smallest absolute Gasteiger partial charge is 0.237 e. The van der Waals surface area contributed by atoms with Crippen molar-refractivity contribution in [1.29, 1.82) is 0 Å². The number of rotatable bonds is 3. The highest BCUT2D eigenvalue weighted by molar-refractivity contribution is 5.88. The second-order valence-electron chi connectivity index (χ2n) is 4.74. The van der Waals surface area contributed by atoms with Crippen molar-refractivity contribution in [1.82, 2.24) is 5.32 Å². The summed E-state index contributed by atoms with van der Waals surface area (Å²) in [6.07, 6.45) is 0.406. The molecule has 2 rings (SSSR count). The lowest BCUT2D eigenvalue weighted by Gasteiger charge is -2.26. The molecule has 20 heavy (non-hydrogen) atoms. The number of anilines is 1. The third-order valence-corrected chi connectivity index (χ3v) is 3.23. The van der Waals surface area contributed by atoms with Gasteiger partial charge in [-0.15, -0.1) is 0 Å². The Morgan fingerprint density at radius 2 is 2.05 bits per heavy atom. The van der Waals surface area contributed by atoms with E-state index < -0.39 is 12.1 Å². The third-order valence-electron chi connectivity index (χ3n) is 3.23. The van der Waals surface area contributed by atoms with Crippen LogP contribution in [0.4, 0.5) is 5.69 Å². The van der Waals surface area contributed by atoms with Gasteiger partial charge in [-0.25, -0.2) is 0 Å². The Labute approximate surface area is 115 Å². The van der Waals surface area contributed by atoms with Crippen molar-refractivity contribution in [2.75, 3.05) is 5.32 Å². The normalized spacial score (nSPS) is 21.9. The van der Waals surface area contributed by atoms with Crippen molar-refractivity contribution >= 4 is 17.5 Å². The van der Waals surface area contributed by atoms with Gasteiger partial charge in [-0.2, -0.15) is 0 Å². The van der Waals surface area contributed by atoms with E-state index in [0.717, 1.165) is 0 Å². The van der Waals surface area contributed by atoms with E-state index in [-0.39, 0.29) is 29.6 Å². The maximum Gasteiger partial charge on any atom is 0.237 e. The summed E-state index contributed by atoms with van der Waals surface area (Å²) in [4.78, 5) is 33.1. The van der Waals surface area contributed by atoms with Gasteiger partial charge in [0.2, 0.25) is 17.9 Å². The minimum atomic E-state index is -0.820. The highest BCUT2D eigenvalue weighted by Crippen LogP contribution is 2.27. The van der Waals surface area contributed by atoms with Crippen LogP contribution in [-0.4, -0.2) is 22.8 Å². The van der Waals surface area contributed by atoms with Gasteiger partial charge >= 0.3 is 0 Å². The summed E-state index contributed by atoms with van der Waals surface area (Å²) >= 11 is 0. The first-order valence-electron chi connectivity index (χ1n) is 6.28. The summed E-state index contributed by atoms with van der Waals surface area (Å²) in [5, 5.41) is 16.3. The summed E-state index contributed by atoms with van der Waals surface area (Å²) in [5.41, 5.74) is 1.27. The summed E-state index contributed by atoms with van der Waals surface area (Å²) in [5.74, 6) is -0.370. The molecule has 0 unspecified atom stereocenters. The topological polar surface area (TPSA) is 101 Å². The minimum Gasteiger partial charge on any atom is -0.343 e. The van der Waals surface area contributed by atoms with Gasteiger partial charge in [0.15, 0.2) is 0 Å². The van der Waals surface area contributed by atoms with E-state index in [9.17, 15) is 19.7 Å². The number of benzene rings is 1. The fourth-order valence-electron chi connectivity index (χ4n) is 2.30. The molecule has 1 aliphatic heterocycles. The van der Waals surface area contributed by atoms with E-state index in [1.807, 2.05) is 0 Å². The molecule has 7 heteroatoms. The molecule has 1 saturated heterocycles. The molecular formula is C13H15N3O4. The second kappa shape index (κ2) is 5.68. The fraction of sp³-hybridized carbons (Fsp3) is 0.385. The quantitative estimate of drug-likeness (QED) is 0.641. The number of nitrogens with zero attached hydrogens (tertiary/aromatic N) is 1. The molecule has 0 spiro atoms. The van der Waals surface area contributed by atoms with E-state index in [1.165, 1.54) is 6.92 Å². The molecule has 1 aliphatic rings. The molecule has 0 bridgehead atoms. The van der Waals surface area contributed by atoms with Crippen molar-refractivity contribution in [2.24, 2.45) is 0 Å². The number of amides is 2. The first-order valence-corrected chi connectivity index (χ1v) is 6.28. The average molecular weight is 277 g/mol. The van der Waals surface area contributed by atoms with E-state index in [2.05, 4.69) is 10.6 Å². The van der Waals surface area contributed by atoms with E-state index >= 15 is 0 Å². The molecule has 2 atom stereocenters. The first-order chi connectivity index (χ1) is 9.47. The zero-order valence-electron chi connectivity index (χ0n) is 11.0. The lowest BCUT2D eigenvalue weighted by atomic mass is 9.92. The van der Waals surface area contributed by atoms with Gasteiger partial charge in [0, 0.05) is 30.4 Å². The average Bonchev–Trinajstić information content (AvgIpc) is 2.38. The molecular weight excluding hydrogens is 262 g/mol. The zero-order chi connectivity index (χ0) is 14.7. The van der Waals surface area contributed by atoms with Gasteiger partial charge in [0.1, 0.15) is 6.04 Å². The van der Waals surface area contributed by atoms with Crippen LogP contribution in [0.5, 0.6) is 0 Å². The van der Waals surface area contributed by atoms with Gasteiger partial charge in [-0.3, -0.25) is 19.7 Å². The number of carbonyl (C=O) groups excluding carboxylic acids is 2. The standard InChI is InChI=1S/C13H15N3O4/c1-8(17)14-10-4-2-9(3-5-10)13-11(16(19)20)6-7-12(18)15-13/h2-5,11,13H,6-7H2,1H3,(H,14,17)(H,15,18)/t11-,13+/m0/s1. The number of nitro groups is 1. The Kier molecular flexibility index (Phi) is 3.97. The van der Waals surface area contributed by atoms with Crippen molar-refractivity contribution in [3.8, 4) is 0 Å². The highest BCUT2D eigenvalue weighted by Gasteiger charge is 2.37. The first kappa shape index (κ1) is 14.0. The van der Waals surface area contributed by atoms with Gasteiger partial charge in [0.05, 0.1) is 0 Å². The largest absolute Gasteiger partial charge is 0.343 e. The molecule has 0 saturated carbocycles. The Morgan fingerprint density at radius 3 is 2.60 bits per heavy atom. The van der Waals surface area contributed by atoms with E-state index in [1.54, 1.807) is 24.3 Å². The Balaban J connectivity index is 2.21. The Hall–Kier alpha value is -2.44. The van der Waals surface area contributed by atoms with Gasteiger partial charge in [-0.1, -0.05) is 12.1 Å². The van der Waals surface area contributed by atoms with E-state index in [4.69, 9.17) is 0 Å².